The molecule has 0 atom stereocenters. The van der Waals surface area contributed by atoms with Crippen LogP contribution in [0.4, 0.5) is 0 Å². The summed E-state index contributed by atoms with van der Waals surface area (Å²) in [6.45, 7) is 0.360. The zero-order valence-electron chi connectivity index (χ0n) is 12.3. The van der Waals surface area contributed by atoms with Crippen LogP contribution in [0.3, 0.4) is 0 Å². The first kappa shape index (κ1) is 15.5. The van der Waals surface area contributed by atoms with E-state index in [9.17, 15) is 9.90 Å². The zero-order chi connectivity index (χ0) is 15.1. The fourth-order valence-corrected chi connectivity index (χ4v) is 2.74. The van der Waals surface area contributed by atoms with Crippen LogP contribution in [0.2, 0.25) is 0 Å². The number of hydrogen-bond acceptors (Lipinski definition) is 3. The molecule has 1 fully saturated rings. The van der Waals surface area contributed by atoms with Gasteiger partial charge in [-0.25, -0.2) is 0 Å². The van der Waals surface area contributed by atoms with Crippen molar-refractivity contribution in [2.24, 2.45) is 0 Å². The number of aliphatic hydroxyl groups is 1. The summed E-state index contributed by atoms with van der Waals surface area (Å²) in [6.07, 6.45) is 5.87. The van der Waals surface area contributed by atoms with Crippen LogP contribution in [0.25, 0.3) is 0 Å². The largest absolute Gasteiger partial charge is 0.388 e. The molecule has 0 aromatic heterocycles. The molecule has 1 aromatic carbocycles. The molecule has 2 rings (SSSR count). The SMILES string of the molecule is N#Cc1ccc(CCC(=O)NCC2(O)CCCCC2)cc1. The van der Waals surface area contributed by atoms with Crippen molar-refractivity contribution in [1.29, 1.82) is 5.26 Å². The monoisotopic (exact) mass is 286 g/mol. The molecular weight excluding hydrogens is 264 g/mol. The van der Waals surface area contributed by atoms with Gasteiger partial charge >= 0.3 is 0 Å². The summed E-state index contributed by atoms with van der Waals surface area (Å²) in [6, 6.07) is 9.35. The lowest BCUT2D eigenvalue weighted by Crippen LogP contribution is -2.44. The van der Waals surface area contributed by atoms with Crippen LogP contribution < -0.4 is 5.32 Å². The summed E-state index contributed by atoms with van der Waals surface area (Å²) in [5.74, 6) is -0.0293. The Bertz CT molecular complexity index is 511. The lowest BCUT2D eigenvalue weighted by atomic mass is 9.85. The van der Waals surface area contributed by atoms with E-state index in [2.05, 4.69) is 11.4 Å². The van der Waals surface area contributed by atoms with Crippen LogP contribution >= 0.6 is 0 Å². The number of aryl methyl sites for hydroxylation is 1. The van der Waals surface area contributed by atoms with Crippen molar-refractivity contribution in [1.82, 2.24) is 5.32 Å². The van der Waals surface area contributed by atoms with Gasteiger partial charge in [-0.1, -0.05) is 31.4 Å². The Balaban J connectivity index is 1.73. The molecule has 0 saturated heterocycles. The van der Waals surface area contributed by atoms with E-state index in [1.807, 2.05) is 12.1 Å². The predicted octanol–water partition coefficient (Wildman–Crippen LogP) is 2.30. The van der Waals surface area contributed by atoms with Crippen molar-refractivity contribution >= 4 is 5.91 Å². The number of hydrogen-bond donors (Lipinski definition) is 2. The second-order valence-corrected chi connectivity index (χ2v) is 5.87. The quantitative estimate of drug-likeness (QED) is 0.872. The van der Waals surface area contributed by atoms with Crippen molar-refractivity contribution in [2.45, 2.75) is 50.5 Å². The molecule has 1 aliphatic rings. The normalized spacial score (nSPS) is 17.0. The molecule has 2 N–H and O–H groups in total. The van der Waals surface area contributed by atoms with Gasteiger partial charge in [0.05, 0.1) is 17.2 Å². The third-order valence-corrected chi connectivity index (χ3v) is 4.12. The van der Waals surface area contributed by atoms with Crippen LogP contribution in [-0.4, -0.2) is 23.2 Å². The smallest absolute Gasteiger partial charge is 0.220 e. The predicted molar refractivity (Wildman–Crippen MR) is 80.5 cm³/mol. The van der Waals surface area contributed by atoms with Gasteiger partial charge < -0.3 is 10.4 Å². The molecule has 0 bridgehead atoms. The van der Waals surface area contributed by atoms with E-state index in [1.165, 1.54) is 6.42 Å². The highest BCUT2D eigenvalue weighted by molar-refractivity contribution is 5.76. The standard InChI is InChI=1S/C17H22N2O2/c18-12-15-6-4-14(5-7-15)8-9-16(20)19-13-17(21)10-2-1-3-11-17/h4-7,21H,1-3,8-11,13H2,(H,19,20). The number of carbonyl (C=O) groups is 1. The van der Waals surface area contributed by atoms with Gasteiger partial charge in [-0.15, -0.1) is 0 Å². The molecule has 1 aliphatic carbocycles. The van der Waals surface area contributed by atoms with E-state index < -0.39 is 5.60 Å². The molecular formula is C17H22N2O2. The maximum Gasteiger partial charge on any atom is 0.220 e. The second-order valence-electron chi connectivity index (χ2n) is 5.87. The average molecular weight is 286 g/mol. The Hall–Kier alpha value is -1.86. The van der Waals surface area contributed by atoms with E-state index in [0.29, 0.717) is 24.9 Å². The van der Waals surface area contributed by atoms with Crippen LogP contribution in [0.1, 0.15) is 49.7 Å². The third-order valence-electron chi connectivity index (χ3n) is 4.12. The molecule has 1 saturated carbocycles. The first-order valence-electron chi connectivity index (χ1n) is 7.59. The molecule has 0 aliphatic heterocycles. The topological polar surface area (TPSA) is 73.1 Å². The van der Waals surface area contributed by atoms with E-state index in [-0.39, 0.29) is 5.91 Å². The minimum absolute atomic E-state index is 0.0293. The van der Waals surface area contributed by atoms with Gasteiger partial charge in [0.1, 0.15) is 0 Å². The van der Waals surface area contributed by atoms with E-state index in [4.69, 9.17) is 5.26 Å². The van der Waals surface area contributed by atoms with Crippen LogP contribution in [0.15, 0.2) is 24.3 Å². The van der Waals surface area contributed by atoms with Crippen molar-refractivity contribution in [2.75, 3.05) is 6.54 Å². The van der Waals surface area contributed by atoms with E-state index in [1.54, 1.807) is 12.1 Å². The number of rotatable bonds is 5. The molecule has 1 aromatic rings. The molecule has 4 nitrogen and oxygen atoms in total. The molecule has 0 spiro atoms. The average Bonchev–Trinajstić information content (AvgIpc) is 2.52. The van der Waals surface area contributed by atoms with E-state index in [0.717, 1.165) is 31.2 Å². The summed E-state index contributed by atoms with van der Waals surface area (Å²) in [7, 11) is 0. The minimum atomic E-state index is -0.706. The highest BCUT2D eigenvalue weighted by Crippen LogP contribution is 2.27. The summed E-state index contributed by atoms with van der Waals surface area (Å²) in [5, 5.41) is 21.9. The number of nitriles is 1. The van der Waals surface area contributed by atoms with Crippen molar-refractivity contribution in [3.05, 3.63) is 35.4 Å². The van der Waals surface area contributed by atoms with Gasteiger partial charge in [0, 0.05) is 13.0 Å². The fraction of sp³-hybridized carbons (Fsp3) is 0.529. The first-order chi connectivity index (χ1) is 10.1. The highest BCUT2D eigenvalue weighted by atomic mass is 16.3. The molecule has 0 unspecified atom stereocenters. The van der Waals surface area contributed by atoms with Gasteiger partial charge in [0.25, 0.3) is 0 Å². The Labute approximate surface area is 125 Å². The number of amides is 1. The van der Waals surface area contributed by atoms with Gasteiger partial charge in [-0.3, -0.25) is 4.79 Å². The third kappa shape index (κ3) is 4.87. The summed E-state index contributed by atoms with van der Waals surface area (Å²) >= 11 is 0. The van der Waals surface area contributed by atoms with Crippen molar-refractivity contribution < 1.29 is 9.90 Å². The maximum atomic E-state index is 11.8. The van der Waals surface area contributed by atoms with Crippen LogP contribution in [0, 0.1) is 11.3 Å². The lowest BCUT2D eigenvalue weighted by molar-refractivity contribution is -0.122. The second kappa shape index (κ2) is 7.24. The number of nitrogens with zero attached hydrogens (tertiary/aromatic N) is 1. The lowest BCUT2D eigenvalue weighted by Gasteiger charge is -2.32. The molecule has 112 valence electrons. The number of nitrogens with one attached hydrogen (secondary N) is 1. The van der Waals surface area contributed by atoms with Crippen molar-refractivity contribution in [3.63, 3.8) is 0 Å². The summed E-state index contributed by atoms with van der Waals surface area (Å²) in [4.78, 5) is 11.8. The van der Waals surface area contributed by atoms with Gasteiger partial charge in [0.15, 0.2) is 0 Å². The Kier molecular flexibility index (Phi) is 5.35. The van der Waals surface area contributed by atoms with Gasteiger partial charge in [-0.2, -0.15) is 5.26 Å². The summed E-state index contributed by atoms with van der Waals surface area (Å²) < 4.78 is 0. The van der Waals surface area contributed by atoms with Crippen LogP contribution in [-0.2, 0) is 11.2 Å². The number of benzene rings is 1. The molecule has 1 amide bonds. The Morgan fingerprint density at radius 1 is 1.24 bits per heavy atom. The maximum absolute atomic E-state index is 11.8. The van der Waals surface area contributed by atoms with E-state index >= 15 is 0 Å². The summed E-state index contributed by atoms with van der Waals surface area (Å²) in [5.41, 5.74) is 0.964. The zero-order valence-corrected chi connectivity index (χ0v) is 12.3. The van der Waals surface area contributed by atoms with Crippen molar-refractivity contribution in [3.8, 4) is 6.07 Å². The highest BCUT2D eigenvalue weighted by Gasteiger charge is 2.29. The Morgan fingerprint density at radius 3 is 2.52 bits per heavy atom. The Morgan fingerprint density at radius 2 is 1.90 bits per heavy atom. The van der Waals surface area contributed by atoms with Gasteiger partial charge in [0.2, 0.25) is 5.91 Å². The minimum Gasteiger partial charge on any atom is -0.388 e. The molecule has 0 radical (unpaired) electrons. The molecule has 0 heterocycles. The first-order valence-corrected chi connectivity index (χ1v) is 7.59. The molecule has 4 heteroatoms. The fourth-order valence-electron chi connectivity index (χ4n) is 2.74. The van der Waals surface area contributed by atoms with Gasteiger partial charge in [-0.05, 0) is 37.0 Å². The van der Waals surface area contributed by atoms with Crippen LogP contribution in [0.5, 0.6) is 0 Å². The number of carbonyl (C=O) groups excluding carboxylic acids is 1. The molecule has 21 heavy (non-hydrogen) atoms.